The molecule has 2 aromatic carbocycles. The van der Waals surface area contributed by atoms with Crippen molar-refractivity contribution in [3.8, 4) is 0 Å². The first kappa shape index (κ1) is 21.1. The van der Waals surface area contributed by atoms with Crippen LogP contribution in [0.5, 0.6) is 0 Å². The fourth-order valence-electron chi connectivity index (χ4n) is 3.37. The van der Waals surface area contributed by atoms with E-state index in [0.29, 0.717) is 5.69 Å². The third-order valence-electron chi connectivity index (χ3n) is 4.79. The van der Waals surface area contributed by atoms with E-state index >= 15 is 0 Å². The second-order valence-electron chi connectivity index (χ2n) is 7.01. The van der Waals surface area contributed by atoms with Crippen molar-refractivity contribution in [3.05, 3.63) is 76.1 Å². The Labute approximate surface area is 178 Å². The Balaban J connectivity index is 1.66. The van der Waals surface area contributed by atoms with Crippen LogP contribution in [-0.2, 0) is 15.8 Å². The van der Waals surface area contributed by atoms with Gasteiger partial charge in [0.2, 0.25) is 17.8 Å². The number of anilines is 4. The smallest absolute Gasteiger partial charge is 0.326 e. The van der Waals surface area contributed by atoms with Crippen molar-refractivity contribution in [2.75, 3.05) is 16.0 Å². The highest BCUT2D eigenvalue weighted by molar-refractivity contribution is 6.04. The van der Waals surface area contributed by atoms with E-state index in [9.17, 15) is 27.6 Å². The molecule has 8 nitrogen and oxygen atoms in total. The minimum absolute atomic E-state index is 0.0312. The van der Waals surface area contributed by atoms with Gasteiger partial charge in [-0.3, -0.25) is 19.4 Å². The number of fused-ring (bicyclic) bond motifs is 1. The number of alkyl halides is 3. The lowest BCUT2D eigenvalue weighted by molar-refractivity contribution is -0.137. The molecule has 32 heavy (non-hydrogen) atoms. The monoisotopic (exact) mass is 443 g/mol. The molecule has 2 amide bonds. The number of hydrogen-bond acceptors (Lipinski definition) is 5. The zero-order chi connectivity index (χ0) is 22.9. The molecular weight excluding hydrogens is 427 g/mol. The maximum Gasteiger partial charge on any atom is 0.418 e. The van der Waals surface area contributed by atoms with Gasteiger partial charge >= 0.3 is 6.18 Å². The Morgan fingerprint density at radius 1 is 1.03 bits per heavy atom. The topological polar surface area (TPSA) is 116 Å². The molecule has 0 saturated carbocycles. The molecule has 4 rings (SSSR count). The number of nitrogens with zero attached hydrogens (tertiary/aromatic N) is 1. The summed E-state index contributed by atoms with van der Waals surface area (Å²) in [6.45, 7) is 0. The number of amides is 2. The van der Waals surface area contributed by atoms with Crippen LogP contribution in [0.15, 0.2) is 59.4 Å². The van der Waals surface area contributed by atoms with Crippen molar-refractivity contribution in [1.82, 2.24) is 9.97 Å². The third-order valence-corrected chi connectivity index (χ3v) is 4.79. The number of hydrogen-bond donors (Lipinski definition) is 4. The Hall–Kier alpha value is -4.15. The highest BCUT2D eigenvalue weighted by Crippen LogP contribution is 2.36. The van der Waals surface area contributed by atoms with Gasteiger partial charge in [0.1, 0.15) is 5.82 Å². The highest BCUT2D eigenvalue weighted by atomic mass is 19.4. The number of halogens is 3. The van der Waals surface area contributed by atoms with Gasteiger partial charge in [0, 0.05) is 12.1 Å². The van der Waals surface area contributed by atoms with Gasteiger partial charge in [0.25, 0.3) is 5.56 Å². The van der Waals surface area contributed by atoms with E-state index in [1.54, 1.807) is 30.3 Å². The fraction of sp³-hybridized carbons (Fsp3) is 0.143. The summed E-state index contributed by atoms with van der Waals surface area (Å²) in [6.07, 6.45) is -5.11. The minimum atomic E-state index is -4.69. The summed E-state index contributed by atoms with van der Waals surface area (Å²) in [7, 11) is 0. The second kappa shape index (κ2) is 8.17. The van der Waals surface area contributed by atoms with Gasteiger partial charge in [-0.15, -0.1) is 0 Å². The first-order chi connectivity index (χ1) is 15.2. The molecule has 1 unspecified atom stereocenters. The maximum atomic E-state index is 13.2. The lowest BCUT2D eigenvalue weighted by atomic mass is 9.92. The molecule has 1 aromatic heterocycles. The molecule has 0 radical (unpaired) electrons. The molecule has 164 valence electrons. The lowest BCUT2D eigenvalue weighted by Gasteiger charge is -2.24. The third kappa shape index (κ3) is 4.31. The molecule has 1 aliphatic heterocycles. The summed E-state index contributed by atoms with van der Waals surface area (Å²) in [5, 5.41) is 7.51. The molecule has 0 saturated heterocycles. The van der Waals surface area contributed by atoms with E-state index in [2.05, 4.69) is 25.9 Å². The van der Waals surface area contributed by atoms with Crippen LogP contribution in [0.2, 0.25) is 0 Å². The minimum Gasteiger partial charge on any atom is -0.326 e. The van der Waals surface area contributed by atoms with Crippen LogP contribution < -0.4 is 21.5 Å². The van der Waals surface area contributed by atoms with Crippen LogP contribution >= 0.6 is 0 Å². The Bertz CT molecular complexity index is 1240. The van der Waals surface area contributed by atoms with Crippen LogP contribution in [-0.4, -0.2) is 21.8 Å². The van der Waals surface area contributed by atoms with Crippen molar-refractivity contribution in [1.29, 1.82) is 0 Å². The predicted molar refractivity (Wildman–Crippen MR) is 111 cm³/mol. The highest BCUT2D eigenvalue weighted by Gasteiger charge is 2.37. The maximum absolute atomic E-state index is 13.2. The number of benzene rings is 2. The van der Waals surface area contributed by atoms with Crippen molar-refractivity contribution in [3.63, 3.8) is 0 Å². The largest absolute Gasteiger partial charge is 0.418 e. The number of rotatable bonds is 4. The van der Waals surface area contributed by atoms with Gasteiger partial charge in [-0.2, -0.15) is 18.2 Å². The number of H-pyrrole nitrogens is 1. The summed E-state index contributed by atoms with van der Waals surface area (Å²) in [5.41, 5.74) is -1.72. The van der Waals surface area contributed by atoms with Crippen LogP contribution in [0, 0.1) is 0 Å². The van der Waals surface area contributed by atoms with Crippen LogP contribution in [0.4, 0.5) is 36.3 Å². The van der Waals surface area contributed by atoms with E-state index in [4.69, 9.17) is 0 Å². The number of carbonyl (C=O) groups excluding carboxylic acids is 2. The van der Waals surface area contributed by atoms with Crippen LogP contribution in [0.25, 0.3) is 0 Å². The summed E-state index contributed by atoms with van der Waals surface area (Å²) in [6, 6.07) is 13.2. The molecule has 4 N–H and O–H groups in total. The summed E-state index contributed by atoms with van der Waals surface area (Å²) in [5.74, 6) is -2.93. The zero-order valence-corrected chi connectivity index (χ0v) is 16.3. The van der Waals surface area contributed by atoms with E-state index in [-0.39, 0.29) is 17.3 Å². The zero-order valence-electron chi connectivity index (χ0n) is 16.3. The van der Waals surface area contributed by atoms with Crippen molar-refractivity contribution < 1.29 is 22.8 Å². The summed E-state index contributed by atoms with van der Waals surface area (Å²) in [4.78, 5) is 44.4. The van der Waals surface area contributed by atoms with E-state index in [1.165, 1.54) is 12.1 Å². The van der Waals surface area contributed by atoms with Crippen LogP contribution in [0.3, 0.4) is 0 Å². The van der Waals surface area contributed by atoms with Gasteiger partial charge in [0.05, 0.1) is 22.7 Å². The first-order valence-electron chi connectivity index (χ1n) is 9.45. The van der Waals surface area contributed by atoms with Crippen molar-refractivity contribution in [2.24, 2.45) is 0 Å². The van der Waals surface area contributed by atoms with Gasteiger partial charge < -0.3 is 16.0 Å². The van der Waals surface area contributed by atoms with E-state index in [1.807, 2.05) is 0 Å². The van der Waals surface area contributed by atoms with Crippen LogP contribution in [0.1, 0.15) is 23.5 Å². The second-order valence-corrected chi connectivity index (χ2v) is 7.01. The average Bonchev–Trinajstić information content (AvgIpc) is 2.73. The Morgan fingerprint density at radius 3 is 2.44 bits per heavy atom. The number of nitrogens with one attached hydrogen (secondary N) is 4. The number of para-hydroxylation sites is 2. The van der Waals surface area contributed by atoms with Gasteiger partial charge in [-0.25, -0.2) is 0 Å². The molecule has 3 aromatic rings. The molecule has 2 heterocycles. The number of carbonyl (C=O) groups is 2. The summed E-state index contributed by atoms with van der Waals surface area (Å²) < 4.78 is 39.7. The van der Waals surface area contributed by atoms with Gasteiger partial charge in [-0.05, 0) is 24.3 Å². The number of aromatic amines is 1. The van der Waals surface area contributed by atoms with Crippen molar-refractivity contribution in [2.45, 2.75) is 18.5 Å². The van der Waals surface area contributed by atoms with Gasteiger partial charge in [0.15, 0.2) is 0 Å². The molecular formula is C21H16F3N5O3. The fourth-order valence-corrected chi connectivity index (χ4v) is 3.37. The predicted octanol–water partition coefficient (Wildman–Crippen LogP) is 3.60. The Kier molecular flexibility index (Phi) is 5.39. The SMILES string of the molecule is O=C1CC(C(=O)Nc2ccccc2C(F)(F)F)c2c(nc(Nc3ccccc3)[nH]c2=O)N1. The van der Waals surface area contributed by atoms with Gasteiger partial charge in [-0.1, -0.05) is 30.3 Å². The lowest BCUT2D eigenvalue weighted by Crippen LogP contribution is -2.36. The number of aromatic nitrogens is 2. The summed E-state index contributed by atoms with van der Waals surface area (Å²) >= 11 is 0. The molecule has 1 atom stereocenters. The molecule has 0 spiro atoms. The molecule has 0 fully saturated rings. The first-order valence-corrected chi connectivity index (χ1v) is 9.45. The molecule has 0 aliphatic carbocycles. The van der Waals surface area contributed by atoms with E-state index in [0.717, 1.165) is 12.1 Å². The molecule has 1 aliphatic rings. The molecule has 11 heteroatoms. The average molecular weight is 443 g/mol. The Morgan fingerprint density at radius 2 is 1.72 bits per heavy atom. The molecule has 0 bridgehead atoms. The van der Waals surface area contributed by atoms with E-state index < -0.39 is 47.1 Å². The standard InChI is InChI=1S/C21H16F3N5O3/c22-21(23,24)13-8-4-5-9-14(13)26-18(31)12-10-15(30)27-17-16(12)19(32)29-20(28-17)25-11-6-2-1-3-7-11/h1-9,12H,10H2,(H,26,31)(H3,25,27,28,29,30,32). The van der Waals surface area contributed by atoms with Crippen molar-refractivity contribution >= 4 is 35.0 Å². The quantitative estimate of drug-likeness (QED) is 0.492. The normalized spacial score (nSPS) is 15.5.